The smallest absolute Gasteiger partial charge is 0.414 e. The zero-order valence-electron chi connectivity index (χ0n) is 18.0. The first-order valence-corrected chi connectivity index (χ1v) is 10.3. The highest BCUT2D eigenvalue weighted by Gasteiger charge is 2.25. The fourth-order valence-corrected chi connectivity index (χ4v) is 3.24. The van der Waals surface area contributed by atoms with Crippen LogP contribution in [0.25, 0.3) is 11.1 Å². The predicted molar refractivity (Wildman–Crippen MR) is 115 cm³/mol. The van der Waals surface area contributed by atoms with Crippen LogP contribution in [0.5, 0.6) is 6.01 Å². The number of guanidine groups is 1. The summed E-state index contributed by atoms with van der Waals surface area (Å²) in [6, 6.07) is 4.80. The fourth-order valence-electron chi connectivity index (χ4n) is 3.24. The number of benzene rings is 1. The summed E-state index contributed by atoms with van der Waals surface area (Å²) in [5, 5.41) is 8.93. The van der Waals surface area contributed by atoms with Gasteiger partial charge in [0.2, 0.25) is 0 Å². The topological polar surface area (TPSA) is 153 Å². The first-order valence-electron chi connectivity index (χ1n) is 10.3. The largest absolute Gasteiger partial charge is 0.460 e. The van der Waals surface area contributed by atoms with E-state index in [0.29, 0.717) is 38.1 Å². The van der Waals surface area contributed by atoms with Crippen LogP contribution in [0.1, 0.15) is 25.3 Å². The predicted octanol–water partition coefficient (Wildman–Crippen LogP) is 2.40. The molecule has 1 aliphatic heterocycles. The van der Waals surface area contributed by atoms with Crippen LogP contribution < -0.4 is 15.8 Å². The Bertz CT molecular complexity index is 995. The number of nitrogens with one attached hydrogen (secondary N) is 2. The van der Waals surface area contributed by atoms with Gasteiger partial charge in [-0.1, -0.05) is 18.2 Å². The lowest BCUT2D eigenvalue weighted by molar-refractivity contribution is 0.0670. The number of carbonyl (C=O) groups excluding carboxylic acids is 2. The van der Waals surface area contributed by atoms with Gasteiger partial charge < -0.3 is 24.8 Å². The summed E-state index contributed by atoms with van der Waals surface area (Å²) in [5.74, 6) is -1.16. The molecule has 1 saturated heterocycles. The fraction of sp³-hybridized carbons (Fsp3) is 0.381. The van der Waals surface area contributed by atoms with Crippen LogP contribution in [0.2, 0.25) is 0 Å². The number of alkyl carbamates (subject to hydrolysis) is 1. The first-order chi connectivity index (χ1) is 15.9. The average molecular weight is 460 g/mol. The van der Waals surface area contributed by atoms with E-state index in [1.807, 2.05) is 5.32 Å². The molecule has 0 atom stereocenters. The van der Waals surface area contributed by atoms with Gasteiger partial charge in [-0.3, -0.25) is 10.7 Å². The van der Waals surface area contributed by atoms with Gasteiger partial charge in [0.05, 0.1) is 6.61 Å². The van der Waals surface area contributed by atoms with Crippen LogP contribution in [0.4, 0.5) is 14.0 Å². The maximum Gasteiger partial charge on any atom is 0.414 e. The molecule has 4 N–H and O–H groups in total. The Kier molecular flexibility index (Phi) is 7.95. The lowest BCUT2D eigenvalue weighted by Gasteiger charge is -2.30. The zero-order chi connectivity index (χ0) is 23.8. The molecule has 1 aromatic heterocycles. The van der Waals surface area contributed by atoms with Gasteiger partial charge in [0, 0.05) is 55.0 Å². The van der Waals surface area contributed by atoms with Crippen molar-refractivity contribution in [3.05, 3.63) is 42.0 Å². The number of hydrogen-bond acceptors (Lipinski definition) is 8. The van der Waals surface area contributed by atoms with E-state index in [1.54, 1.807) is 24.0 Å². The number of nitrogens with zero attached hydrogens (tertiary/aromatic N) is 3. The molecule has 0 aliphatic carbocycles. The summed E-state index contributed by atoms with van der Waals surface area (Å²) in [4.78, 5) is 33.2. The molecule has 0 bridgehead atoms. The number of amides is 2. The first kappa shape index (κ1) is 23.7. The van der Waals surface area contributed by atoms with Crippen LogP contribution >= 0.6 is 0 Å². The van der Waals surface area contributed by atoms with Gasteiger partial charge in [-0.15, -0.1) is 0 Å². The molecule has 12 heteroatoms. The van der Waals surface area contributed by atoms with Crippen molar-refractivity contribution in [1.29, 1.82) is 5.41 Å². The maximum absolute atomic E-state index is 14.9. The molecule has 33 heavy (non-hydrogen) atoms. The average Bonchev–Trinajstić information content (AvgIpc) is 2.79. The highest BCUT2D eigenvalue weighted by Crippen LogP contribution is 2.25. The minimum atomic E-state index is -0.953. The van der Waals surface area contributed by atoms with Crippen molar-refractivity contribution in [3.8, 4) is 17.1 Å². The Labute approximate surface area is 189 Å². The quantitative estimate of drug-likeness (QED) is 0.439. The SMILES string of the molecule is CCOC(=O)N1CCC(Oc2ncc(-c3cccc(COC(=O)NC(=N)N)c3F)cn2)CC1. The van der Waals surface area contributed by atoms with E-state index in [1.165, 1.54) is 18.5 Å². The number of piperidine rings is 1. The van der Waals surface area contributed by atoms with Gasteiger partial charge in [-0.2, -0.15) is 0 Å². The Morgan fingerprint density at radius 1 is 1.24 bits per heavy atom. The van der Waals surface area contributed by atoms with Crippen molar-refractivity contribution in [2.75, 3.05) is 19.7 Å². The van der Waals surface area contributed by atoms with Crippen molar-refractivity contribution in [3.63, 3.8) is 0 Å². The molecule has 0 unspecified atom stereocenters. The van der Waals surface area contributed by atoms with Crippen LogP contribution in [0.3, 0.4) is 0 Å². The van der Waals surface area contributed by atoms with E-state index in [4.69, 9.17) is 25.4 Å². The lowest BCUT2D eigenvalue weighted by Crippen LogP contribution is -2.42. The molecule has 0 radical (unpaired) electrons. The molecule has 2 amide bonds. The van der Waals surface area contributed by atoms with E-state index in [0.717, 1.165) is 0 Å². The molecule has 3 rings (SSSR count). The highest BCUT2D eigenvalue weighted by molar-refractivity contribution is 5.90. The second kappa shape index (κ2) is 11.1. The Morgan fingerprint density at radius 2 is 1.94 bits per heavy atom. The molecular weight excluding hydrogens is 435 g/mol. The monoisotopic (exact) mass is 460 g/mol. The van der Waals surface area contributed by atoms with Crippen LogP contribution in [0.15, 0.2) is 30.6 Å². The van der Waals surface area contributed by atoms with E-state index in [9.17, 15) is 14.0 Å². The second-order valence-corrected chi connectivity index (χ2v) is 7.15. The number of rotatable bonds is 6. The van der Waals surface area contributed by atoms with Crippen molar-refractivity contribution in [2.45, 2.75) is 32.5 Å². The number of nitrogens with two attached hydrogens (primary N) is 1. The molecule has 176 valence electrons. The molecule has 1 aromatic carbocycles. The number of hydrogen-bond donors (Lipinski definition) is 3. The maximum atomic E-state index is 14.9. The van der Waals surface area contributed by atoms with E-state index in [2.05, 4.69) is 9.97 Å². The summed E-state index contributed by atoms with van der Waals surface area (Å²) < 4.78 is 30.5. The minimum absolute atomic E-state index is 0.139. The number of ether oxygens (including phenoxy) is 3. The highest BCUT2D eigenvalue weighted by atomic mass is 19.1. The standard InChI is InChI=1S/C21H25FN6O5/c1-2-31-21(30)28-8-6-15(7-9-28)33-19-25-10-14(11-26-19)16-5-3-4-13(17(16)22)12-32-20(29)27-18(23)24/h3-5,10-11,15H,2,6-9,12H2,1H3,(H4,23,24,27,29). The Hall–Kier alpha value is -3.96. The molecule has 1 fully saturated rings. The number of carbonyl (C=O) groups is 2. The van der Waals surface area contributed by atoms with E-state index >= 15 is 0 Å². The normalized spacial score (nSPS) is 13.8. The summed E-state index contributed by atoms with van der Waals surface area (Å²) >= 11 is 0. The number of likely N-dealkylation sites (tertiary alicyclic amines) is 1. The molecule has 2 heterocycles. The third-order valence-electron chi connectivity index (χ3n) is 4.85. The third kappa shape index (κ3) is 6.51. The van der Waals surface area contributed by atoms with Gasteiger partial charge in [-0.05, 0) is 6.92 Å². The van der Waals surface area contributed by atoms with Gasteiger partial charge in [-0.25, -0.2) is 23.9 Å². The molecule has 2 aromatic rings. The van der Waals surface area contributed by atoms with Crippen molar-refractivity contribution >= 4 is 18.1 Å². The van der Waals surface area contributed by atoms with Gasteiger partial charge in [0.1, 0.15) is 18.5 Å². The Balaban J connectivity index is 1.58. The summed E-state index contributed by atoms with van der Waals surface area (Å²) in [6.07, 6.45) is 2.72. The van der Waals surface area contributed by atoms with Crippen LogP contribution in [-0.4, -0.2) is 58.8 Å². The molecule has 11 nitrogen and oxygen atoms in total. The van der Waals surface area contributed by atoms with Gasteiger partial charge >= 0.3 is 18.2 Å². The van der Waals surface area contributed by atoms with E-state index in [-0.39, 0.29) is 35.9 Å². The molecule has 0 spiro atoms. The minimum Gasteiger partial charge on any atom is -0.460 e. The number of aromatic nitrogens is 2. The van der Waals surface area contributed by atoms with Crippen LogP contribution in [0, 0.1) is 11.2 Å². The third-order valence-corrected chi connectivity index (χ3v) is 4.85. The van der Waals surface area contributed by atoms with Gasteiger partial charge in [0.25, 0.3) is 0 Å². The van der Waals surface area contributed by atoms with E-state index < -0.39 is 17.9 Å². The number of halogens is 1. The summed E-state index contributed by atoms with van der Waals surface area (Å²) in [6.45, 7) is 2.80. The molecule has 0 saturated carbocycles. The van der Waals surface area contributed by atoms with Crippen molar-refractivity contribution in [2.24, 2.45) is 5.73 Å². The molecular formula is C21H25FN6O5. The lowest BCUT2D eigenvalue weighted by atomic mass is 10.1. The van der Waals surface area contributed by atoms with Crippen molar-refractivity contribution in [1.82, 2.24) is 20.2 Å². The summed E-state index contributed by atoms with van der Waals surface area (Å²) in [7, 11) is 0. The van der Waals surface area contributed by atoms with Crippen LogP contribution in [-0.2, 0) is 16.1 Å². The Morgan fingerprint density at radius 3 is 2.58 bits per heavy atom. The van der Waals surface area contributed by atoms with Gasteiger partial charge in [0.15, 0.2) is 5.96 Å². The molecule has 1 aliphatic rings. The second-order valence-electron chi connectivity index (χ2n) is 7.15. The van der Waals surface area contributed by atoms with Crippen molar-refractivity contribution < 1.29 is 28.2 Å². The zero-order valence-corrected chi connectivity index (χ0v) is 18.0. The summed E-state index contributed by atoms with van der Waals surface area (Å²) in [5.41, 5.74) is 5.84.